The predicted molar refractivity (Wildman–Crippen MR) is 56.2 cm³/mol. The standard InChI is InChI=1S/C10H14N2OS/c1-12(6-8-5-11-7-14-8)9-3-2-4-10(9)13/h5,7,9H,2-4,6H2,1H3. The maximum absolute atomic E-state index is 11.5. The molecule has 0 N–H and O–H groups in total. The lowest BCUT2D eigenvalue weighted by Crippen LogP contribution is -2.34. The molecule has 76 valence electrons. The molecule has 1 fully saturated rings. The van der Waals surface area contributed by atoms with Crippen molar-refractivity contribution in [1.82, 2.24) is 9.88 Å². The average molecular weight is 210 g/mol. The summed E-state index contributed by atoms with van der Waals surface area (Å²) in [5.74, 6) is 0.400. The van der Waals surface area contributed by atoms with Crippen molar-refractivity contribution in [3.63, 3.8) is 0 Å². The van der Waals surface area contributed by atoms with E-state index in [-0.39, 0.29) is 6.04 Å². The molecule has 0 bridgehead atoms. The van der Waals surface area contributed by atoms with Gasteiger partial charge in [-0.2, -0.15) is 0 Å². The summed E-state index contributed by atoms with van der Waals surface area (Å²) in [6.07, 6.45) is 4.71. The highest BCUT2D eigenvalue weighted by Crippen LogP contribution is 2.21. The number of rotatable bonds is 3. The first kappa shape index (κ1) is 9.80. The second-order valence-electron chi connectivity index (χ2n) is 3.76. The van der Waals surface area contributed by atoms with Gasteiger partial charge in [0.25, 0.3) is 0 Å². The van der Waals surface area contributed by atoms with Gasteiger partial charge in [-0.15, -0.1) is 11.3 Å². The molecule has 1 aliphatic carbocycles. The second kappa shape index (κ2) is 4.19. The number of nitrogens with zero attached hydrogens (tertiary/aromatic N) is 2. The number of carbonyl (C=O) groups excluding carboxylic acids is 1. The van der Waals surface area contributed by atoms with E-state index in [1.807, 2.05) is 18.8 Å². The van der Waals surface area contributed by atoms with Crippen LogP contribution in [0.5, 0.6) is 0 Å². The molecule has 1 heterocycles. The molecule has 2 rings (SSSR count). The topological polar surface area (TPSA) is 33.2 Å². The van der Waals surface area contributed by atoms with Gasteiger partial charge in [-0.1, -0.05) is 0 Å². The predicted octanol–water partition coefficient (Wildman–Crippen LogP) is 1.70. The Hall–Kier alpha value is -0.740. The molecular weight excluding hydrogens is 196 g/mol. The van der Waals surface area contributed by atoms with Crippen LogP contribution in [-0.4, -0.2) is 28.8 Å². The van der Waals surface area contributed by atoms with Crippen LogP contribution in [0.4, 0.5) is 0 Å². The molecule has 0 amide bonds. The lowest BCUT2D eigenvalue weighted by atomic mass is 10.2. The molecule has 0 aromatic carbocycles. The highest BCUT2D eigenvalue weighted by molar-refractivity contribution is 7.09. The first-order valence-electron chi connectivity index (χ1n) is 4.87. The van der Waals surface area contributed by atoms with Crippen molar-refractivity contribution >= 4 is 17.1 Å². The molecule has 1 atom stereocenters. The Balaban J connectivity index is 1.95. The Morgan fingerprint density at radius 3 is 3.14 bits per heavy atom. The molecule has 0 spiro atoms. The zero-order valence-corrected chi connectivity index (χ0v) is 9.09. The van der Waals surface area contributed by atoms with Gasteiger partial charge in [0.15, 0.2) is 0 Å². The molecule has 4 heteroatoms. The fourth-order valence-corrected chi connectivity index (χ4v) is 2.60. The van der Waals surface area contributed by atoms with Crippen molar-refractivity contribution in [1.29, 1.82) is 0 Å². The molecule has 1 aromatic rings. The summed E-state index contributed by atoms with van der Waals surface area (Å²) < 4.78 is 0. The van der Waals surface area contributed by atoms with Gasteiger partial charge in [0.1, 0.15) is 5.78 Å². The zero-order valence-electron chi connectivity index (χ0n) is 8.27. The SMILES string of the molecule is CN(Cc1cncs1)C1CCCC1=O. The average Bonchev–Trinajstić information content (AvgIpc) is 2.75. The van der Waals surface area contributed by atoms with E-state index in [9.17, 15) is 4.79 Å². The maximum Gasteiger partial charge on any atom is 0.149 e. The normalized spacial score (nSPS) is 22.1. The van der Waals surface area contributed by atoms with E-state index in [1.54, 1.807) is 11.3 Å². The van der Waals surface area contributed by atoms with Crippen molar-refractivity contribution in [3.05, 3.63) is 16.6 Å². The summed E-state index contributed by atoms with van der Waals surface area (Å²) in [6.45, 7) is 0.848. The molecule has 0 aliphatic heterocycles. The van der Waals surface area contributed by atoms with Gasteiger partial charge in [0.05, 0.1) is 11.6 Å². The van der Waals surface area contributed by atoms with Gasteiger partial charge in [-0.3, -0.25) is 14.7 Å². The number of carbonyl (C=O) groups is 1. The van der Waals surface area contributed by atoms with Crippen LogP contribution in [0, 0.1) is 0 Å². The van der Waals surface area contributed by atoms with Gasteiger partial charge in [-0.25, -0.2) is 0 Å². The summed E-state index contributed by atoms with van der Waals surface area (Å²) in [7, 11) is 2.02. The van der Waals surface area contributed by atoms with Crippen LogP contribution in [0.1, 0.15) is 24.1 Å². The molecule has 1 saturated carbocycles. The van der Waals surface area contributed by atoms with Crippen LogP contribution in [-0.2, 0) is 11.3 Å². The third-order valence-electron chi connectivity index (χ3n) is 2.69. The Labute approximate surface area is 87.8 Å². The number of aromatic nitrogens is 1. The molecule has 0 saturated heterocycles. The van der Waals surface area contributed by atoms with E-state index in [0.29, 0.717) is 5.78 Å². The number of Topliss-reactive ketones (excluding diaryl/α,β-unsaturated/α-hetero) is 1. The molecule has 1 aliphatic rings. The van der Waals surface area contributed by atoms with Crippen LogP contribution in [0.3, 0.4) is 0 Å². The minimum atomic E-state index is 0.150. The lowest BCUT2D eigenvalue weighted by Gasteiger charge is -2.21. The second-order valence-corrected chi connectivity index (χ2v) is 4.73. The molecule has 0 radical (unpaired) electrons. The largest absolute Gasteiger partial charge is 0.298 e. The van der Waals surface area contributed by atoms with Gasteiger partial charge < -0.3 is 0 Å². The van der Waals surface area contributed by atoms with Gasteiger partial charge >= 0.3 is 0 Å². The highest BCUT2D eigenvalue weighted by Gasteiger charge is 2.27. The van der Waals surface area contributed by atoms with Crippen LogP contribution in [0.15, 0.2) is 11.7 Å². The Kier molecular flexibility index (Phi) is 2.93. The highest BCUT2D eigenvalue weighted by atomic mass is 32.1. The molecular formula is C10H14N2OS. The van der Waals surface area contributed by atoms with E-state index in [4.69, 9.17) is 0 Å². The lowest BCUT2D eigenvalue weighted by molar-refractivity contribution is -0.121. The fraction of sp³-hybridized carbons (Fsp3) is 0.600. The van der Waals surface area contributed by atoms with E-state index in [0.717, 1.165) is 25.8 Å². The summed E-state index contributed by atoms with van der Waals surface area (Å²) in [5.41, 5.74) is 1.83. The minimum absolute atomic E-state index is 0.150. The number of thiazole rings is 1. The first-order valence-corrected chi connectivity index (χ1v) is 5.75. The maximum atomic E-state index is 11.5. The molecule has 14 heavy (non-hydrogen) atoms. The number of hydrogen-bond acceptors (Lipinski definition) is 4. The number of likely N-dealkylation sites (N-methyl/N-ethyl adjacent to an activating group) is 1. The monoisotopic (exact) mass is 210 g/mol. The third kappa shape index (κ3) is 2.01. The van der Waals surface area contributed by atoms with Crippen LogP contribution < -0.4 is 0 Å². The fourth-order valence-electron chi connectivity index (χ4n) is 1.94. The van der Waals surface area contributed by atoms with Crippen LogP contribution in [0.25, 0.3) is 0 Å². The van der Waals surface area contributed by atoms with Gasteiger partial charge in [-0.05, 0) is 19.9 Å². The van der Waals surface area contributed by atoms with E-state index in [2.05, 4.69) is 9.88 Å². The third-order valence-corrected chi connectivity index (χ3v) is 3.46. The summed E-state index contributed by atoms with van der Waals surface area (Å²) in [4.78, 5) is 18.9. The number of ketones is 1. The number of hydrogen-bond donors (Lipinski definition) is 0. The van der Waals surface area contributed by atoms with Crippen LogP contribution in [0.2, 0.25) is 0 Å². The minimum Gasteiger partial charge on any atom is -0.298 e. The smallest absolute Gasteiger partial charge is 0.149 e. The Morgan fingerprint density at radius 1 is 1.71 bits per heavy atom. The Morgan fingerprint density at radius 2 is 2.57 bits per heavy atom. The van der Waals surface area contributed by atoms with Gasteiger partial charge in [0, 0.05) is 24.0 Å². The summed E-state index contributed by atoms with van der Waals surface area (Å²) in [6, 6.07) is 0.150. The molecule has 1 aromatic heterocycles. The van der Waals surface area contributed by atoms with Crippen molar-refractivity contribution in [2.24, 2.45) is 0 Å². The van der Waals surface area contributed by atoms with E-state index >= 15 is 0 Å². The van der Waals surface area contributed by atoms with Crippen molar-refractivity contribution in [2.75, 3.05) is 7.05 Å². The van der Waals surface area contributed by atoms with Crippen molar-refractivity contribution in [2.45, 2.75) is 31.8 Å². The quantitative estimate of drug-likeness (QED) is 0.761. The Bertz CT molecular complexity index is 310. The van der Waals surface area contributed by atoms with Gasteiger partial charge in [0.2, 0.25) is 0 Å². The van der Waals surface area contributed by atoms with Crippen LogP contribution >= 0.6 is 11.3 Å². The molecule has 3 nitrogen and oxygen atoms in total. The first-order chi connectivity index (χ1) is 6.77. The van der Waals surface area contributed by atoms with E-state index < -0.39 is 0 Å². The molecule has 1 unspecified atom stereocenters. The zero-order chi connectivity index (χ0) is 9.97. The van der Waals surface area contributed by atoms with E-state index in [1.165, 1.54) is 4.88 Å². The van der Waals surface area contributed by atoms with Crippen molar-refractivity contribution < 1.29 is 4.79 Å². The summed E-state index contributed by atoms with van der Waals surface area (Å²) in [5, 5.41) is 0. The summed E-state index contributed by atoms with van der Waals surface area (Å²) >= 11 is 1.65. The van der Waals surface area contributed by atoms with Crippen molar-refractivity contribution in [3.8, 4) is 0 Å².